The number of nitrogens with zero attached hydrogens (tertiary/aromatic N) is 3. The number of aromatic nitrogens is 2. The number of non-ortho nitro benzene ring substituents is 1. The number of rotatable bonds is 4. The standard InChI is InChI=1S/C23H16IN3O3/c1-15-5-7-16(8-6-15)9-12-22-25-21-11-10-17(24)13-20(21)23(28)26(22)18-3-2-4-19(14-18)27(29)30/h2-14H,1H3. The van der Waals surface area contributed by atoms with Crippen molar-refractivity contribution in [2.75, 3.05) is 0 Å². The molecule has 0 bridgehead atoms. The minimum atomic E-state index is -0.478. The summed E-state index contributed by atoms with van der Waals surface area (Å²) < 4.78 is 2.32. The van der Waals surface area contributed by atoms with Gasteiger partial charge in [-0.3, -0.25) is 19.5 Å². The average Bonchev–Trinajstić information content (AvgIpc) is 2.74. The summed E-state index contributed by atoms with van der Waals surface area (Å²) in [5.74, 6) is 0.398. The van der Waals surface area contributed by atoms with Gasteiger partial charge in [0.05, 0.1) is 21.5 Å². The molecule has 0 radical (unpaired) electrons. The maximum atomic E-state index is 13.4. The molecule has 0 fully saturated rings. The van der Waals surface area contributed by atoms with Crippen LogP contribution in [0.4, 0.5) is 5.69 Å². The van der Waals surface area contributed by atoms with Gasteiger partial charge in [0.15, 0.2) is 0 Å². The first-order valence-corrected chi connectivity index (χ1v) is 10.2. The molecule has 1 aromatic heterocycles. The number of halogens is 1. The topological polar surface area (TPSA) is 78.0 Å². The highest BCUT2D eigenvalue weighted by atomic mass is 127. The molecular formula is C23H16IN3O3. The molecule has 7 heteroatoms. The molecule has 0 N–H and O–H groups in total. The third-order valence-electron chi connectivity index (χ3n) is 4.66. The number of aryl methyl sites for hydroxylation is 1. The Balaban J connectivity index is 1.96. The number of nitro groups is 1. The molecule has 0 spiro atoms. The van der Waals surface area contributed by atoms with Crippen LogP contribution in [-0.4, -0.2) is 14.5 Å². The van der Waals surface area contributed by atoms with Crippen LogP contribution < -0.4 is 5.56 Å². The third kappa shape index (κ3) is 4.02. The smallest absolute Gasteiger partial charge is 0.268 e. The van der Waals surface area contributed by atoms with Crippen LogP contribution in [0.15, 0.2) is 71.5 Å². The molecule has 30 heavy (non-hydrogen) atoms. The highest BCUT2D eigenvalue weighted by Crippen LogP contribution is 2.20. The molecule has 0 saturated carbocycles. The summed E-state index contributed by atoms with van der Waals surface area (Å²) >= 11 is 2.14. The van der Waals surface area contributed by atoms with Crippen LogP contribution in [0.3, 0.4) is 0 Å². The van der Waals surface area contributed by atoms with Crippen molar-refractivity contribution in [3.05, 3.63) is 108 Å². The van der Waals surface area contributed by atoms with E-state index in [1.54, 1.807) is 30.3 Å². The first kappa shape index (κ1) is 20.0. The van der Waals surface area contributed by atoms with Crippen molar-refractivity contribution in [1.29, 1.82) is 0 Å². The lowest BCUT2D eigenvalue weighted by Gasteiger charge is -2.11. The summed E-state index contributed by atoms with van der Waals surface area (Å²) in [7, 11) is 0. The quantitative estimate of drug-likeness (QED) is 0.210. The number of hydrogen-bond donors (Lipinski definition) is 0. The Kier molecular flexibility index (Phi) is 5.45. The monoisotopic (exact) mass is 509 g/mol. The van der Waals surface area contributed by atoms with Crippen LogP contribution in [0, 0.1) is 20.6 Å². The van der Waals surface area contributed by atoms with Gasteiger partial charge in [0.1, 0.15) is 5.82 Å². The Morgan fingerprint density at radius 3 is 2.53 bits per heavy atom. The lowest BCUT2D eigenvalue weighted by atomic mass is 10.1. The zero-order valence-corrected chi connectivity index (χ0v) is 18.1. The molecule has 4 aromatic rings. The van der Waals surface area contributed by atoms with E-state index < -0.39 is 4.92 Å². The lowest BCUT2D eigenvalue weighted by molar-refractivity contribution is -0.384. The van der Waals surface area contributed by atoms with Crippen LogP contribution in [0.25, 0.3) is 28.7 Å². The van der Waals surface area contributed by atoms with Crippen LogP contribution in [0.5, 0.6) is 0 Å². The highest BCUT2D eigenvalue weighted by Gasteiger charge is 2.14. The molecule has 0 saturated heterocycles. The largest absolute Gasteiger partial charge is 0.271 e. The van der Waals surface area contributed by atoms with Crippen molar-refractivity contribution >= 4 is 51.3 Å². The van der Waals surface area contributed by atoms with Crippen molar-refractivity contribution in [2.45, 2.75) is 6.92 Å². The lowest BCUT2D eigenvalue weighted by Crippen LogP contribution is -2.22. The van der Waals surface area contributed by atoms with Crippen molar-refractivity contribution in [1.82, 2.24) is 9.55 Å². The van der Waals surface area contributed by atoms with Gasteiger partial charge in [-0.1, -0.05) is 42.0 Å². The third-order valence-corrected chi connectivity index (χ3v) is 5.33. The summed E-state index contributed by atoms with van der Waals surface area (Å²) in [5.41, 5.74) is 2.72. The average molecular weight is 509 g/mol. The van der Waals surface area contributed by atoms with Gasteiger partial charge in [-0.25, -0.2) is 4.98 Å². The predicted molar refractivity (Wildman–Crippen MR) is 127 cm³/mol. The Hall–Kier alpha value is -3.33. The zero-order valence-electron chi connectivity index (χ0n) is 15.9. The Bertz CT molecular complexity index is 1360. The van der Waals surface area contributed by atoms with E-state index in [-0.39, 0.29) is 11.2 Å². The molecule has 0 aliphatic rings. The maximum absolute atomic E-state index is 13.4. The fourth-order valence-corrected chi connectivity index (χ4v) is 3.62. The number of nitro benzene ring substituents is 1. The Morgan fingerprint density at radius 2 is 1.80 bits per heavy atom. The second-order valence-corrected chi connectivity index (χ2v) is 8.04. The summed E-state index contributed by atoms with van der Waals surface area (Å²) in [6.07, 6.45) is 3.62. The van der Waals surface area contributed by atoms with Crippen molar-refractivity contribution < 1.29 is 4.92 Å². The van der Waals surface area contributed by atoms with Gasteiger partial charge >= 0.3 is 0 Å². The first-order valence-electron chi connectivity index (χ1n) is 9.14. The van der Waals surface area contributed by atoms with Gasteiger partial charge in [-0.05, 0) is 65.4 Å². The van der Waals surface area contributed by atoms with Gasteiger partial charge in [0.2, 0.25) is 0 Å². The maximum Gasteiger partial charge on any atom is 0.271 e. The number of fused-ring (bicyclic) bond motifs is 1. The molecule has 148 valence electrons. The fourth-order valence-electron chi connectivity index (χ4n) is 3.13. The van der Waals surface area contributed by atoms with Crippen LogP contribution in [0.1, 0.15) is 17.0 Å². The second-order valence-electron chi connectivity index (χ2n) is 6.79. The van der Waals surface area contributed by atoms with E-state index in [2.05, 4.69) is 27.6 Å². The molecule has 4 rings (SSSR count). The minimum Gasteiger partial charge on any atom is -0.268 e. The van der Waals surface area contributed by atoms with Crippen LogP contribution in [-0.2, 0) is 0 Å². The van der Waals surface area contributed by atoms with E-state index in [1.807, 2.05) is 43.3 Å². The molecule has 1 heterocycles. The predicted octanol–water partition coefficient (Wildman–Crippen LogP) is 5.38. The van der Waals surface area contributed by atoms with Crippen LogP contribution >= 0.6 is 22.6 Å². The Morgan fingerprint density at radius 1 is 1.03 bits per heavy atom. The van der Waals surface area contributed by atoms with Crippen molar-refractivity contribution in [3.63, 3.8) is 0 Å². The van der Waals surface area contributed by atoms with Crippen molar-refractivity contribution in [2.24, 2.45) is 0 Å². The summed E-state index contributed by atoms with van der Waals surface area (Å²) in [5, 5.41) is 11.7. The minimum absolute atomic E-state index is 0.0874. The Labute approximate surface area is 185 Å². The van der Waals surface area contributed by atoms with Gasteiger partial charge in [0.25, 0.3) is 11.2 Å². The van der Waals surface area contributed by atoms with E-state index in [4.69, 9.17) is 0 Å². The zero-order chi connectivity index (χ0) is 21.3. The highest BCUT2D eigenvalue weighted by molar-refractivity contribution is 14.1. The molecule has 0 aliphatic carbocycles. The molecule has 0 aliphatic heterocycles. The molecule has 0 unspecified atom stereocenters. The summed E-state index contributed by atoms with van der Waals surface area (Å²) in [4.78, 5) is 28.8. The van der Waals surface area contributed by atoms with E-state index in [1.165, 1.54) is 16.7 Å². The number of benzene rings is 3. The summed E-state index contributed by atoms with van der Waals surface area (Å²) in [6.45, 7) is 2.01. The van der Waals surface area contributed by atoms with E-state index >= 15 is 0 Å². The molecule has 3 aromatic carbocycles. The molecular weight excluding hydrogens is 493 g/mol. The van der Waals surface area contributed by atoms with Gasteiger partial charge in [-0.2, -0.15) is 0 Å². The van der Waals surface area contributed by atoms with Crippen molar-refractivity contribution in [3.8, 4) is 5.69 Å². The SMILES string of the molecule is Cc1ccc(C=Cc2nc3ccc(I)cc3c(=O)n2-c2cccc([N+](=O)[O-])c2)cc1. The van der Waals surface area contributed by atoms with E-state index in [0.717, 1.165) is 14.7 Å². The first-order chi connectivity index (χ1) is 14.4. The van der Waals surface area contributed by atoms with E-state index in [0.29, 0.717) is 22.4 Å². The van der Waals surface area contributed by atoms with Gasteiger partial charge in [-0.15, -0.1) is 0 Å². The van der Waals surface area contributed by atoms with E-state index in [9.17, 15) is 14.9 Å². The molecule has 6 nitrogen and oxygen atoms in total. The second kappa shape index (κ2) is 8.19. The normalized spacial score (nSPS) is 11.3. The number of hydrogen-bond acceptors (Lipinski definition) is 4. The van der Waals surface area contributed by atoms with Gasteiger partial charge in [0, 0.05) is 15.7 Å². The van der Waals surface area contributed by atoms with Gasteiger partial charge < -0.3 is 0 Å². The molecule has 0 amide bonds. The molecule has 0 atom stereocenters. The summed E-state index contributed by atoms with van der Waals surface area (Å²) in [6, 6.07) is 19.4. The van der Waals surface area contributed by atoms with Crippen LogP contribution in [0.2, 0.25) is 0 Å². The fraction of sp³-hybridized carbons (Fsp3) is 0.0435.